The first-order valence-corrected chi connectivity index (χ1v) is 25.6. The summed E-state index contributed by atoms with van der Waals surface area (Å²) in [4.78, 5) is 14.9. The Morgan fingerprint density at radius 2 is 1.37 bits per heavy atom. The Balaban J connectivity index is 0.000000239. The molecule has 7 heteroatoms. The molecule has 9 aromatic rings. The molecule has 323 valence electrons. The zero-order valence-electron chi connectivity index (χ0n) is 38.5. The molecule has 0 spiro atoms. The zero-order chi connectivity index (χ0) is 43.9. The van der Waals surface area contributed by atoms with Crippen LogP contribution in [0.25, 0.3) is 72.7 Å². The SMILES string of the molecule is CC(C)Cc1cc(-c2[c-]cccc2)ncc1[Si](C)(C)C.Cc1cccc(C)c1-c1ccc2c(n1)oc1c(-c3nc4ccccc4n3-c3c(C(C)C)cccc3C(C)C)[c-]ccc12.[Ir]. The number of aryl methyl sites for hydroxylation is 2. The van der Waals surface area contributed by atoms with E-state index in [1.807, 2.05) is 30.3 Å². The summed E-state index contributed by atoms with van der Waals surface area (Å²) in [5.41, 5.74) is 16.1. The van der Waals surface area contributed by atoms with Crippen LogP contribution in [-0.4, -0.2) is 27.6 Å². The average molecular weight is 1020 g/mol. The van der Waals surface area contributed by atoms with E-state index in [0.29, 0.717) is 23.5 Å². The van der Waals surface area contributed by atoms with Gasteiger partial charge < -0.3 is 14.0 Å². The Labute approximate surface area is 388 Å². The number of aromatic nitrogens is 4. The van der Waals surface area contributed by atoms with E-state index >= 15 is 0 Å². The number of rotatable bonds is 9. The van der Waals surface area contributed by atoms with Gasteiger partial charge in [-0.15, -0.1) is 54.1 Å². The normalized spacial score (nSPS) is 11.8. The van der Waals surface area contributed by atoms with Crippen LogP contribution in [0, 0.1) is 31.9 Å². The average Bonchev–Trinajstić information content (AvgIpc) is 3.81. The van der Waals surface area contributed by atoms with Crippen molar-refractivity contribution in [2.75, 3.05) is 0 Å². The maximum Gasteiger partial charge on any atom is 0.216 e. The maximum absolute atomic E-state index is 6.63. The van der Waals surface area contributed by atoms with E-state index in [1.165, 1.54) is 38.7 Å². The predicted molar refractivity (Wildman–Crippen MR) is 264 cm³/mol. The van der Waals surface area contributed by atoms with Crippen LogP contribution in [0.15, 0.2) is 126 Å². The smallest absolute Gasteiger partial charge is 0.216 e. The molecule has 4 heterocycles. The van der Waals surface area contributed by atoms with Gasteiger partial charge in [-0.05, 0) is 95.4 Å². The second kappa shape index (κ2) is 18.7. The molecule has 0 fully saturated rings. The minimum Gasteiger partial charge on any atom is -0.486 e. The molecular weight excluding hydrogens is 965 g/mol. The van der Waals surface area contributed by atoms with E-state index in [1.54, 1.807) is 0 Å². The van der Waals surface area contributed by atoms with Gasteiger partial charge in [0.2, 0.25) is 5.71 Å². The monoisotopic (exact) mass is 1020 g/mol. The summed E-state index contributed by atoms with van der Waals surface area (Å²) in [6, 6.07) is 46.8. The number of hydrogen-bond donors (Lipinski definition) is 0. The van der Waals surface area contributed by atoms with Crippen LogP contribution in [0.2, 0.25) is 19.6 Å². The standard InChI is InChI=1S/C38H34N3O.C18H24NSi.Ir/c1-22(2)26-14-10-15-27(23(3)4)35(26)41-33-19-8-7-18-31(33)39-37(41)30-17-11-16-28-29-20-21-32(40-38(29)42-36(28)30)34-24(5)12-9-13-25(34)6;1-14(2)11-16-12-17(15-9-7-6-8-10-15)19-13-18(16)20(3,4)5;/h7-16,18-23H,1-6H3;6-9,12-14H,11H2,1-5H3;/q2*-1;. The third-order valence-corrected chi connectivity index (χ3v) is 13.9. The molecule has 5 aromatic carbocycles. The molecule has 0 aliphatic rings. The first-order chi connectivity index (χ1) is 29.7. The number of hydrogen-bond acceptors (Lipinski definition) is 4. The molecule has 9 rings (SSSR count). The minimum atomic E-state index is -1.34. The summed E-state index contributed by atoms with van der Waals surface area (Å²) in [7, 11) is -1.34. The number of benzene rings is 5. The van der Waals surface area contributed by atoms with E-state index in [-0.39, 0.29) is 20.1 Å². The van der Waals surface area contributed by atoms with Crippen molar-refractivity contribution in [2.45, 2.75) is 93.3 Å². The molecule has 0 unspecified atom stereocenters. The molecule has 63 heavy (non-hydrogen) atoms. The minimum absolute atomic E-state index is 0. The molecule has 5 nitrogen and oxygen atoms in total. The molecule has 0 saturated heterocycles. The molecule has 0 N–H and O–H groups in total. The van der Waals surface area contributed by atoms with Gasteiger partial charge in [0, 0.05) is 42.9 Å². The zero-order valence-corrected chi connectivity index (χ0v) is 41.9. The summed E-state index contributed by atoms with van der Waals surface area (Å²) in [6.45, 7) is 25.0. The first kappa shape index (κ1) is 45.6. The van der Waals surface area contributed by atoms with Crippen molar-refractivity contribution in [1.82, 2.24) is 19.5 Å². The fourth-order valence-electron chi connectivity index (χ4n) is 8.82. The van der Waals surface area contributed by atoms with E-state index in [9.17, 15) is 0 Å². The molecule has 0 aliphatic heterocycles. The van der Waals surface area contributed by atoms with Crippen LogP contribution in [0.1, 0.15) is 81.2 Å². The van der Waals surface area contributed by atoms with Gasteiger partial charge in [0.1, 0.15) is 0 Å². The van der Waals surface area contributed by atoms with Crippen LogP contribution in [0.4, 0.5) is 0 Å². The Bertz CT molecular complexity index is 3000. The predicted octanol–water partition coefficient (Wildman–Crippen LogP) is 14.6. The molecule has 0 saturated carbocycles. The van der Waals surface area contributed by atoms with Crippen LogP contribution < -0.4 is 5.19 Å². The van der Waals surface area contributed by atoms with Gasteiger partial charge in [-0.1, -0.05) is 132 Å². The van der Waals surface area contributed by atoms with Crippen molar-refractivity contribution in [1.29, 1.82) is 0 Å². The van der Waals surface area contributed by atoms with Crippen molar-refractivity contribution in [2.24, 2.45) is 5.92 Å². The fourth-order valence-corrected chi connectivity index (χ4v) is 10.4. The number of pyridine rings is 2. The van der Waals surface area contributed by atoms with E-state index in [2.05, 4.69) is 188 Å². The molecular formula is C56H58IrN4OSi-2. The van der Waals surface area contributed by atoms with Crippen molar-refractivity contribution < 1.29 is 24.5 Å². The number of imidazole rings is 1. The van der Waals surface area contributed by atoms with Gasteiger partial charge in [-0.3, -0.25) is 4.98 Å². The van der Waals surface area contributed by atoms with Crippen LogP contribution in [0.5, 0.6) is 0 Å². The van der Waals surface area contributed by atoms with Gasteiger partial charge in [0.15, 0.2) is 0 Å². The Morgan fingerprint density at radius 1 is 0.683 bits per heavy atom. The van der Waals surface area contributed by atoms with Gasteiger partial charge in [-0.25, -0.2) is 4.98 Å². The Kier molecular flexibility index (Phi) is 13.5. The summed E-state index contributed by atoms with van der Waals surface area (Å²) in [6.07, 6.45) is 3.24. The van der Waals surface area contributed by atoms with Crippen molar-refractivity contribution in [3.05, 3.63) is 161 Å². The van der Waals surface area contributed by atoms with Crippen LogP contribution in [-0.2, 0) is 26.5 Å². The topological polar surface area (TPSA) is 56.7 Å². The molecule has 0 atom stereocenters. The summed E-state index contributed by atoms with van der Waals surface area (Å²) < 4.78 is 8.95. The van der Waals surface area contributed by atoms with E-state index in [4.69, 9.17) is 14.4 Å². The van der Waals surface area contributed by atoms with Crippen molar-refractivity contribution >= 4 is 46.4 Å². The Morgan fingerprint density at radius 3 is 2.02 bits per heavy atom. The van der Waals surface area contributed by atoms with Crippen LogP contribution >= 0.6 is 0 Å². The van der Waals surface area contributed by atoms with E-state index < -0.39 is 8.07 Å². The quantitative estimate of drug-likeness (QED) is 0.107. The molecule has 0 aliphatic carbocycles. The van der Waals surface area contributed by atoms with Gasteiger partial charge in [-0.2, -0.15) is 0 Å². The number of nitrogens with zero attached hydrogens (tertiary/aromatic N) is 4. The van der Waals surface area contributed by atoms with Crippen LogP contribution in [0.3, 0.4) is 0 Å². The van der Waals surface area contributed by atoms with Gasteiger partial charge >= 0.3 is 0 Å². The summed E-state index contributed by atoms with van der Waals surface area (Å²) in [5.74, 6) is 2.17. The molecule has 1 radical (unpaired) electrons. The molecule has 0 amide bonds. The second-order valence-electron chi connectivity index (χ2n) is 18.7. The largest absolute Gasteiger partial charge is 0.486 e. The first-order valence-electron chi connectivity index (χ1n) is 22.1. The number of para-hydroxylation sites is 3. The Hall–Kier alpha value is -5.46. The fraction of sp³-hybridized carbons (Fsp3) is 0.268. The number of furan rings is 1. The molecule has 4 aromatic heterocycles. The maximum atomic E-state index is 6.63. The molecule has 0 bridgehead atoms. The second-order valence-corrected chi connectivity index (χ2v) is 23.8. The van der Waals surface area contributed by atoms with Crippen molar-refractivity contribution in [3.63, 3.8) is 0 Å². The summed E-state index contributed by atoms with van der Waals surface area (Å²) >= 11 is 0. The summed E-state index contributed by atoms with van der Waals surface area (Å²) in [5, 5.41) is 3.49. The van der Waals surface area contributed by atoms with Gasteiger partial charge in [0.05, 0.1) is 36.2 Å². The van der Waals surface area contributed by atoms with Gasteiger partial charge in [0.25, 0.3) is 0 Å². The third kappa shape index (κ3) is 9.15. The number of fused-ring (bicyclic) bond motifs is 4. The third-order valence-electron chi connectivity index (χ3n) is 11.8. The van der Waals surface area contributed by atoms with Crippen molar-refractivity contribution in [3.8, 4) is 39.6 Å². The van der Waals surface area contributed by atoms with E-state index in [0.717, 1.165) is 67.7 Å².